The zero-order valence-corrected chi connectivity index (χ0v) is 14.3. The Morgan fingerprint density at radius 1 is 1.23 bits per heavy atom. The summed E-state index contributed by atoms with van der Waals surface area (Å²) in [5.41, 5.74) is 7.68. The molecule has 0 spiro atoms. The summed E-state index contributed by atoms with van der Waals surface area (Å²) in [5, 5.41) is 11.9. The highest BCUT2D eigenvalue weighted by atomic mass is 19.3. The Bertz CT molecular complexity index is 962. The van der Waals surface area contributed by atoms with Crippen LogP contribution in [-0.2, 0) is 19.4 Å². The lowest BCUT2D eigenvalue weighted by molar-refractivity contribution is 0.0174. The van der Waals surface area contributed by atoms with Crippen molar-refractivity contribution in [3.63, 3.8) is 0 Å². The number of hydrogen-bond acceptors (Lipinski definition) is 4. The van der Waals surface area contributed by atoms with E-state index in [0.29, 0.717) is 28.9 Å². The third-order valence-corrected chi connectivity index (χ3v) is 3.97. The number of nitrogens with two attached hydrogens (primary N) is 1. The van der Waals surface area contributed by atoms with Gasteiger partial charge in [-0.05, 0) is 41.0 Å². The van der Waals surface area contributed by atoms with Crippen LogP contribution >= 0.6 is 0 Å². The fourth-order valence-corrected chi connectivity index (χ4v) is 2.66. The van der Waals surface area contributed by atoms with Gasteiger partial charge in [-0.15, -0.1) is 10.2 Å². The first-order valence-corrected chi connectivity index (χ1v) is 7.88. The first-order chi connectivity index (χ1) is 12.2. The van der Waals surface area contributed by atoms with E-state index in [1.54, 1.807) is 37.4 Å². The lowest BCUT2D eigenvalue weighted by atomic mass is 9.95. The lowest BCUT2D eigenvalue weighted by Gasteiger charge is -2.13. The molecule has 1 amide bonds. The van der Waals surface area contributed by atoms with E-state index in [4.69, 9.17) is 5.73 Å². The number of nitrogens with zero attached hydrogens (tertiary/aromatic N) is 4. The maximum atomic E-state index is 13.6. The fourth-order valence-electron chi connectivity index (χ4n) is 2.66. The number of rotatable bonds is 5. The maximum Gasteiger partial charge on any atom is 0.270 e. The van der Waals surface area contributed by atoms with Crippen molar-refractivity contribution < 1.29 is 13.6 Å². The Hall–Kier alpha value is -3.16. The van der Waals surface area contributed by atoms with Gasteiger partial charge < -0.3 is 5.73 Å². The van der Waals surface area contributed by atoms with E-state index in [-0.39, 0.29) is 5.56 Å². The SMILES string of the molecule is Cn1nnc(-c2cc(C(N)=O)ccc2Cc2cccc(C(C)(F)F)c2)n1. The number of hydrogen-bond donors (Lipinski definition) is 1. The van der Waals surface area contributed by atoms with Gasteiger partial charge in [0, 0.05) is 23.6 Å². The molecule has 6 nitrogen and oxygen atoms in total. The van der Waals surface area contributed by atoms with E-state index in [1.807, 2.05) is 0 Å². The number of aromatic nitrogens is 4. The minimum Gasteiger partial charge on any atom is -0.366 e. The standard InChI is InChI=1S/C18H17F2N5O/c1-18(19,20)14-5-3-4-11(9-14)8-12-6-7-13(16(21)26)10-15(12)17-22-24-25(2)23-17/h3-7,9-10H,8H2,1-2H3,(H2,21,26). The third-order valence-electron chi connectivity index (χ3n) is 3.97. The molecule has 2 aromatic carbocycles. The largest absolute Gasteiger partial charge is 0.366 e. The Morgan fingerprint density at radius 3 is 2.62 bits per heavy atom. The monoisotopic (exact) mass is 357 g/mol. The van der Waals surface area contributed by atoms with Crippen molar-refractivity contribution in [3.8, 4) is 11.4 Å². The van der Waals surface area contributed by atoms with Crippen LogP contribution in [0, 0.1) is 0 Å². The lowest BCUT2D eigenvalue weighted by Crippen LogP contribution is -2.11. The van der Waals surface area contributed by atoms with Crippen molar-refractivity contribution in [2.24, 2.45) is 12.8 Å². The van der Waals surface area contributed by atoms with Gasteiger partial charge in [0.25, 0.3) is 5.92 Å². The molecule has 2 N–H and O–H groups in total. The number of primary amides is 1. The van der Waals surface area contributed by atoms with Crippen LogP contribution in [0.25, 0.3) is 11.4 Å². The highest BCUT2D eigenvalue weighted by molar-refractivity contribution is 5.94. The minimum atomic E-state index is -2.92. The third kappa shape index (κ3) is 3.74. The molecular formula is C18H17F2N5O. The molecule has 0 aliphatic carbocycles. The predicted octanol–water partition coefficient (Wildman–Crippen LogP) is 2.68. The summed E-state index contributed by atoms with van der Waals surface area (Å²) in [4.78, 5) is 12.8. The minimum absolute atomic E-state index is 0.0528. The van der Waals surface area contributed by atoms with Crippen LogP contribution in [-0.4, -0.2) is 26.1 Å². The number of tetrazole rings is 1. The smallest absolute Gasteiger partial charge is 0.270 e. The second kappa shape index (κ2) is 6.62. The van der Waals surface area contributed by atoms with Crippen LogP contribution in [0.15, 0.2) is 42.5 Å². The van der Waals surface area contributed by atoms with Crippen LogP contribution in [0.5, 0.6) is 0 Å². The number of carbonyl (C=O) groups excluding carboxylic acids is 1. The summed E-state index contributed by atoms with van der Waals surface area (Å²) < 4.78 is 27.2. The van der Waals surface area contributed by atoms with Crippen LogP contribution < -0.4 is 5.73 Å². The molecule has 8 heteroatoms. The quantitative estimate of drug-likeness (QED) is 0.761. The number of carbonyl (C=O) groups is 1. The number of benzene rings is 2. The van der Waals surface area contributed by atoms with Gasteiger partial charge in [-0.1, -0.05) is 24.3 Å². The van der Waals surface area contributed by atoms with Crippen LogP contribution in [0.4, 0.5) is 8.78 Å². The van der Waals surface area contributed by atoms with Gasteiger partial charge in [0.15, 0.2) is 0 Å². The molecule has 26 heavy (non-hydrogen) atoms. The average molecular weight is 357 g/mol. The highest BCUT2D eigenvalue weighted by Crippen LogP contribution is 2.29. The number of alkyl halides is 2. The molecule has 0 aliphatic heterocycles. The van der Waals surface area contributed by atoms with Crippen molar-refractivity contribution in [2.75, 3.05) is 0 Å². The van der Waals surface area contributed by atoms with Gasteiger partial charge >= 0.3 is 0 Å². The Labute approximate surface area is 148 Å². The topological polar surface area (TPSA) is 86.7 Å². The first-order valence-electron chi connectivity index (χ1n) is 7.88. The fraction of sp³-hybridized carbons (Fsp3) is 0.222. The molecule has 0 radical (unpaired) electrons. The molecule has 0 saturated carbocycles. The zero-order valence-electron chi connectivity index (χ0n) is 14.3. The van der Waals surface area contributed by atoms with Crippen molar-refractivity contribution in [1.29, 1.82) is 0 Å². The molecule has 0 unspecified atom stereocenters. The molecule has 0 saturated heterocycles. The van der Waals surface area contributed by atoms with Gasteiger partial charge in [0.05, 0.1) is 7.05 Å². The van der Waals surface area contributed by atoms with Crippen LogP contribution in [0.3, 0.4) is 0 Å². The van der Waals surface area contributed by atoms with Gasteiger partial charge in [-0.2, -0.15) is 4.80 Å². The molecule has 3 rings (SSSR count). The average Bonchev–Trinajstić information content (AvgIpc) is 3.01. The highest BCUT2D eigenvalue weighted by Gasteiger charge is 2.24. The molecule has 0 bridgehead atoms. The molecule has 3 aromatic rings. The molecule has 1 heterocycles. The summed E-state index contributed by atoms with van der Waals surface area (Å²) in [6, 6.07) is 11.1. The summed E-state index contributed by atoms with van der Waals surface area (Å²) in [6.45, 7) is 0.864. The Balaban J connectivity index is 2.04. The Kier molecular flexibility index (Phi) is 4.50. The summed E-state index contributed by atoms with van der Waals surface area (Å²) in [7, 11) is 1.63. The number of halogens is 2. The van der Waals surface area contributed by atoms with E-state index in [1.165, 1.54) is 16.9 Å². The van der Waals surface area contributed by atoms with Crippen LogP contribution in [0.1, 0.15) is 34.0 Å². The van der Waals surface area contributed by atoms with Gasteiger partial charge in [-0.3, -0.25) is 4.79 Å². The van der Waals surface area contributed by atoms with E-state index >= 15 is 0 Å². The van der Waals surface area contributed by atoms with Crippen molar-refractivity contribution in [2.45, 2.75) is 19.3 Å². The number of aryl methyl sites for hydroxylation is 1. The molecule has 0 fully saturated rings. The van der Waals surface area contributed by atoms with Crippen LogP contribution in [0.2, 0.25) is 0 Å². The molecule has 0 atom stereocenters. The second-order valence-electron chi connectivity index (χ2n) is 6.10. The second-order valence-corrected chi connectivity index (χ2v) is 6.10. The van der Waals surface area contributed by atoms with E-state index in [0.717, 1.165) is 12.5 Å². The van der Waals surface area contributed by atoms with Gasteiger partial charge in [0.1, 0.15) is 0 Å². The normalized spacial score (nSPS) is 11.5. The van der Waals surface area contributed by atoms with E-state index in [9.17, 15) is 13.6 Å². The van der Waals surface area contributed by atoms with Crippen molar-refractivity contribution >= 4 is 5.91 Å². The van der Waals surface area contributed by atoms with Crippen molar-refractivity contribution in [3.05, 3.63) is 64.7 Å². The maximum absolute atomic E-state index is 13.6. The molecule has 0 aliphatic rings. The van der Waals surface area contributed by atoms with Gasteiger partial charge in [0.2, 0.25) is 11.7 Å². The van der Waals surface area contributed by atoms with E-state index in [2.05, 4.69) is 15.4 Å². The summed E-state index contributed by atoms with van der Waals surface area (Å²) in [5.74, 6) is -3.15. The number of amides is 1. The molecule has 134 valence electrons. The van der Waals surface area contributed by atoms with Crippen molar-refractivity contribution in [1.82, 2.24) is 20.2 Å². The first kappa shape index (κ1) is 17.7. The zero-order chi connectivity index (χ0) is 18.9. The molecular weight excluding hydrogens is 340 g/mol. The molecule has 1 aromatic heterocycles. The summed E-state index contributed by atoms with van der Waals surface area (Å²) in [6.07, 6.45) is 0.372. The predicted molar refractivity (Wildman–Crippen MR) is 91.6 cm³/mol. The van der Waals surface area contributed by atoms with E-state index < -0.39 is 11.8 Å². The summed E-state index contributed by atoms with van der Waals surface area (Å²) >= 11 is 0. The van der Waals surface area contributed by atoms with Gasteiger partial charge in [-0.25, -0.2) is 8.78 Å². The Morgan fingerprint density at radius 2 is 2.00 bits per heavy atom.